The van der Waals surface area contributed by atoms with E-state index in [1.807, 2.05) is 48.7 Å². The molecular weight excluding hydrogens is 258 g/mol. The molecule has 0 amide bonds. The van der Waals surface area contributed by atoms with Gasteiger partial charge in [0.15, 0.2) is 0 Å². The maximum atomic E-state index is 9.87. The molecule has 0 aliphatic heterocycles. The molecule has 0 saturated carbocycles. The number of hydrogen-bond donors (Lipinski definition) is 2. The van der Waals surface area contributed by atoms with Gasteiger partial charge in [0.2, 0.25) is 0 Å². The molecule has 2 N–H and O–H groups in total. The van der Waals surface area contributed by atoms with Gasteiger partial charge in [-0.05, 0) is 36.1 Å². The number of aryl methyl sites for hydroxylation is 1. The fourth-order valence-electron chi connectivity index (χ4n) is 1.77. The van der Waals surface area contributed by atoms with Crippen LogP contribution in [0.15, 0.2) is 41.8 Å². The summed E-state index contributed by atoms with van der Waals surface area (Å²) >= 11 is 1.57. The zero-order valence-corrected chi connectivity index (χ0v) is 11.8. The highest BCUT2D eigenvalue weighted by Crippen LogP contribution is 2.17. The Hall–Kier alpha value is -1.36. The fourth-order valence-corrected chi connectivity index (χ4v) is 2.48. The van der Waals surface area contributed by atoms with Crippen molar-refractivity contribution < 1.29 is 9.84 Å². The Balaban J connectivity index is 1.62. The summed E-state index contributed by atoms with van der Waals surface area (Å²) in [6.07, 6.45) is -0.432. The molecule has 0 aliphatic carbocycles. The van der Waals surface area contributed by atoms with Crippen LogP contribution in [0.4, 0.5) is 0 Å². The lowest BCUT2D eigenvalue weighted by molar-refractivity contribution is 0.175. The molecule has 1 unspecified atom stereocenters. The Morgan fingerprint density at radius 2 is 2.21 bits per heavy atom. The number of rotatable bonds is 7. The quantitative estimate of drug-likeness (QED) is 0.765. The SMILES string of the molecule is Cc1cccc(OCCNCC(O)c2cccs2)c1. The lowest BCUT2D eigenvalue weighted by atomic mass is 10.2. The maximum Gasteiger partial charge on any atom is 0.119 e. The number of ether oxygens (including phenoxy) is 1. The molecule has 0 fully saturated rings. The van der Waals surface area contributed by atoms with E-state index in [1.165, 1.54) is 5.56 Å². The van der Waals surface area contributed by atoms with Crippen LogP contribution in [0, 0.1) is 6.92 Å². The molecule has 102 valence electrons. The second-order valence-corrected chi connectivity index (χ2v) is 5.38. The molecule has 19 heavy (non-hydrogen) atoms. The Kier molecular flexibility index (Phi) is 5.39. The Morgan fingerprint density at radius 3 is 2.95 bits per heavy atom. The molecule has 2 rings (SSSR count). The molecule has 1 atom stereocenters. The van der Waals surface area contributed by atoms with Crippen molar-refractivity contribution in [1.29, 1.82) is 0 Å². The van der Waals surface area contributed by atoms with Crippen molar-refractivity contribution in [1.82, 2.24) is 5.32 Å². The molecule has 0 bridgehead atoms. The Bertz CT molecular complexity index is 485. The summed E-state index contributed by atoms with van der Waals surface area (Å²) in [4.78, 5) is 0.993. The Labute approximate surface area is 117 Å². The largest absolute Gasteiger partial charge is 0.492 e. The van der Waals surface area contributed by atoms with Gasteiger partial charge in [-0.2, -0.15) is 0 Å². The van der Waals surface area contributed by atoms with Gasteiger partial charge in [0.1, 0.15) is 18.5 Å². The first-order chi connectivity index (χ1) is 9.25. The van der Waals surface area contributed by atoms with Crippen LogP contribution in [-0.2, 0) is 0 Å². The Morgan fingerprint density at radius 1 is 1.32 bits per heavy atom. The van der Waals surface area contributed by atoms with Gasteiger partial charge in [0.25, 0.3) is 0 Å². The lowest BCUT2D eigenvalue weighted by Gasteiger charge is -2.11. The lowest BCUT2D eigenvalue weighted by Crippen LogP contribution is -2.25. The van der Waals surface area contributed by atoms with Crippen molar-refractivity contribution in [2.24, 2.45) is 0 Å². The molecule has 2 aromatic rings. The average molecular weight is 277 g/mol. The van der Waals surface area contributed by atoms with Crippen LogP contribution in [0.5, 0.6) is 5.75 Å². The van der Waals surface area contributed by atoms with Gasteiger partial charge in [-0.1, -0.05) is 18.2 Å². The predicted molar refractivity (Wildman–Crippen MR) is 78.8 cm³/mol. The van der Waals surface area contributed by atoms with Gasteiger partial charge in [-0.25, -0.2) is 0 Å². The maximum absolute atomic E-state index is 9.87. The van der Waals surface area contributed by atoms with Crippen molar-refractivity contribution in [2.45, 2.75) is 13.0 Å². The van der Waals surface area contributed by atoms with Crippen LogP contribution < -0.4 is 10.1 Å². The third-order valence-corrected chi connectivity index (χ3v) is 3.72. The first kappa shape index (κ1) is 14.1. The molecule has 0 spiro atoms. The van der Waals surface area contributed by atoms with E-state index in [-0.39, 0.29) is 0 Å². The number of nitrogens with one attached hydrogen (secondary N) is 1. The normalized spacial score (nSPS) is 12.3. The second kappa shape index (κ2) is 7.28. The van der Waals surface area contributed by atoms with E-state index in [0.717, 1.165) is 17.2 Å². The summed E-state index contributed by atoms with van der Waals surface area (Å²) < 4.78 is 5.62. The molecule has 1 heterocycles. The topological polar surface area (TPSA) is 41.5 Å². The molecule has 1 aromatic heterocycles. The molecular formula is C15H19NO2S. The fraction of sp³-hybridized carbons (Fsp3) is 0.333. The van der Waals surface area contributed by atoms with Crippen LogP contribution in [0.1, 0.15) is 16.5 Å². The first-order valence-electron chi connectivity index (χ1n) is 6.37. The van der Waals surface area contributed by atoms with Crippen molar-refractivity contribution in [2.75, 3.05) is 19.7 Å². The van der Waals surface area contributed by atoms with E-state index < -0.39 is 6.10 Å². The zero-order chi connectivity index (χ0) is 13.5. The average Bonchev–Trinajstić information content (AvgIpc) is 2.92. The third-order valence-electron chi connectivity index (χ3n) is 2.75. The molecule has 0 radical (unpaired) electrons. The van der Waals surface area contributed by atoms with E-state index in [9.17, 15) is 5.11 Å². The van der Waals surface area contributed by atoms with Gasteiger partial charge < -0.3 is 15.2 Å². The van der Waals surface area contributed by atoms with E-state index in [1.54, 1.807) is 11.3 Å². The standard InChI is InChI=1S/C15H19NO2S/c1-12-4-2-5-13(10-12)18-8-7-16-11-14(17)15-6-3-9-19-15/h2-6,9-10,14,16-17H,7-8,11H2,1H3. The zero-order valence-electron chi connectivity index (χ0n) is 11.0. The van der Waals surface area contributed by atoms with Crippen LogP contribution in [0.3, 0.4) is 0 Å². The van der Waals surface area contributed by atoms with Crippen molar-refractivity contribution >= 4 is 11.3 Å². The highest BCUT2D eigenvalue weighted by atomic mass is 32.1. The molecule has 4 heteroatoms. The van der Waals surface area contributed by atoms with Crippen LogP contribution >= 0.6 is 11.3 Å². The highest BCUT2D eigenvalue weighted by molar-refractivity contribution is 7.10. The van der Waals surface area contributed by atoms with Gasteiger partial charge in [0.05, 0.1) is 0 Å². The van der Waals surface area contributed by atoms with E-state index in [0.29, 0.717) is 13.2 Å². The smallest absolute Gasteiger partial charge is 0.119 e. The van der Waals surface area contributed by atoms with Crippen LogP contribution in [-0.4, -0.2) is 24.8 Å². The third kappa shape index (κ3) is 4.67. The minimum atomic E-state index is -0.432. The minimum Gasteiger partial charge on any atom is -0.492 e. The summed E-state index contributed by atoms with van der Waals surface area (Å²) in [6.45, 7) is 3.91. The van der Waals surface area contributed by atoms with Crippen LogP contribution in [0.25, 0.3) is 0 Å². The number of aliphatic hydroxyl groups is 1. The first-order valence-corrected chi connectivity index (χ1v) is 7.25. The van der Waals surface area contributed by atoms with Crippen LogP contribution in [0.2, 0.25) is 0 Å². The van der Waals surface area contributed by atoms with Gasteiger partial charge in [-0.15, -0.1) is 11.3 Å². The summed E-state index contributed by atoms with van der Waals surface area (Å²) in [6, 6.07) is 11.9. The predicted octanol–water partition coefficient (Wildman–Crippen LogP) is 2.76. The number of thiophene rings is 1. The summed E-state index contributed by atoms with van der Waals surface area (Å²) in [5.41, 5.74) is 1.19. The van der Waals surface area contributed by atoms with Crippen molar-refractivity contribution in [3.05, 3.63) is 52.2 Å². The number of hydrogen-bond acceptors (Lipinski definition) is 4. The van der Waals surface area contributed by atoms with E-state index in [2.05, 4.69) is 5.32 Å². The molecule has 3 nitrogen and oxygen atoms in total. The van der Waals surface area contributed by atoms with E-state index >= 15 is 0 Å². The monoisotopic (exact) mass is 277 g/mol. The van der Waals surface area contributed by atoms with Gasteiger partial charge >= 0.3 is 0 Å². The second-order valence-electron chi connectivity index (χ2n) is 4.40. The molecule has 1 aromatic carbocycles. The summed E-state index contributed by atoms with van der Waals surface area (Å²) in [5, 5.41) is 15.0. The summed E-state index contributed by atoms with van der Waals surface area (Å²) in [7, 11) is 0. The molecule has 0 saturated heterocycles. The molecule has 0 aliphatic rings. The minimum absolute atomic E-state index is 0.432. The summed E-state index contributed by atoms with van der Waals surface area (Å²) in [5.74, 6) is 0.889. The van der Waals surface area contributed by atoms with Gasteiger partial charge in [0, 0.05) is 18.0 Å². The number of aliphatic hydroxyl groups excluding tert-OH is 1. The number of benzene rings is 1. The van der Waals surface area contributed by atoms with E-state index in [4.69, 9.17) is 4.74 Å². The van der Waals surface area contributed by atoms with Crippen molar-refractivity contribution in [3.8, 4) is 5.75 Å². The highest BCUT2D eigenvalue weighted by Gasteiger charge is 2.06. The van der Waals surface area contributed by atoms with Crippen molar-refractivity contribution in [3.63, 3.8) is 0 Å². The van der Waals surface area contributed by atoms with Gasteiger partial charge in [-0.3, -0.25) is 0 Å².